The third-order valence-electron chi connectivity index (χ3n) is 12.6. The predicted molar refractivity (Wildman–Crippen MR) is 290 cm³/mol. The van der Waals surface area contributed by atoms with Crippen LogP contribution < -0.4 is 5.32 Å². The normalized spacial score (nSPS) is 13.5. The molecule has 0 radical (unpaired) electrons. The van der Waals surface area contributed by atoms with Crippen LogP contribution in [0.25, 0.3) is 0 Å². The molecule has 1 amide bonds. The van der Waals surface area contributed by atoms with Crippen molar-refractivity contribution in [3.8, 4) is 0 Å². The molecule has 65 heavy (non-hydrogen) atoms. The largest absolute Gasteiger partial charge is 0.394 e. The summed E-state index contributed by atoms with van der Waals surface area (Å²) in [7, 11) is 0. The van der Waals surface area contributed by atoms with Gasteiger partial charge in [0.25, 0.3) is 0 Å². The molecule has 0 aliphatic heterocycles. The first kappa shape index (κ1) is 62.6. The number of unbranched alkanes of at least 4 members (excludes halogenated alkanes) is 32. The summed E-state index contributed by atoms with van der Waals surface area (Å²) in [6.45, 7) is 4.20. The minimum absolute atomic E-state index is 0.0859. The average molecular weight is 905 g/mol. The highest BCUT2D eigenvalue weighted by molar-refractivity contribution is 5.76. The van der Waals surface area contributed by atoms with Crippen molar-refractivity contribution in [3.63, 3.8) is 0 Å². The molecule has 0 saturated carbocycles. The van der Waals surface area contributed by atoms with Gasteiger partial charge in [-0.1, -0.05) is 279 Å². The number of allylic oxidation sites excluding steroid dienone is 13. The number of amides is 1. The summed E-state index contributed by atoms with van der Waals surface area (Å²) in [6, 6.07) is -0.652. The fourth-order valence-corrected chi connectivity index (χ4v) is 8.34. The number of rotatable bonds is 51. The van der Waals surface area contributed by atoms with Crippen LogP contribution in [0, 0.1) is 0 Å². The Morgan fingerprint density at radius 1 is 0.385 bits per heavy atom. The standard InChI is InChI=1S/C61H109NO3/c1-3-5-7-9-11-13-15-17-19-21-23-25-27-28-29-30-31-32-33-35-36-38-40-42-44-46-48-50-52-54-56-60(64)59(58-63)62-61(65)57-55-53-51-49-47-45-43-41-39-37-34-26-24-22-20-18-16-14-12-10-8-6-4-2/h6,8,12,14,18,20,24,26,37,39,46,48,54,56,59-60,63-64H,3-5,7,9-11,13,15-17,19,21-23,25,27-36,38,40-45,47,49-53,55,57-58H2,1-2H3,(H,62,65)/b8-6-,14-12-,20-18-,26-24-,39-37-,48-46+,56-54+. The molecule has 0 heterocycles. The topological polar surface area (TPSA) is 69.6 Å². The molecule has 4 nitrogen and oxygen atoms in total. The summed E-state index contributed by atoms with van der Waals surface area (Å²) in [6.07, 6.45) is 81.8. The number of hydrogen-bond acceptors (Lipinski definition) is 3. The van der Waals surface area contributed by atoms with Crippen LogP contribution in [0.1, 0.15) is 277 Å². The van der Waals surface area contributed by atoms with E-state index in [0.717, 1.165) is 77.0 Å². The molecule has 0 aliphatic carbocycles. The van der Waals surface area contributed by atoms with Crippen LogP contribution in [-0.4, -0.2) is 34.9 Å². The molecule has 0 fully saturated rings. The van der Waals surface area contributed by atoms with Crippen LogP contribution in [0.3, 0.4) is 0 Å². The maximum absolute atomic E-state index is 12.5. The summed E-state index contributed by atoms with van der Waals surface area (Å²) in [4.78, 5) is 12.5. The van der Waals surface area contributed by atoms with Gasteiger partial charge in [-0.25, -0.2) is 0 Å². The molecule has 0 aromatic carbocycles. The number of aliphatic hydroxyl groups is 2. The molecule has 2 atom stereocenters. The monoisotopic (exact) mass is 904 g/mol. The molecule has 376 valence electrons. The number of nitrogens with one attached hydrogen (secondary N) is 1. The third-order valence-corrected chi connectivity index (χ3v) is 12.6. The van der Waals surface area contributed by atoms with E-state index in [1.54, 1.807) is 6.08 Å². The lowest BCUT2D eigenvalue weighted by Crippen LogP contribution is -2.45. The van der Waals surface area contributed by atoms with E-state index in [1.165, 1.54) is 180 Å². The second-order valence-electron chi connectivity index (χ2n) is 19.0. The molecule has 0 bridgehead atoms. The van der Waals surface area contributed by atoms with E-state index in [1.807, 2.05) is 6.08 Å². The van der Waals surface area contributed by atoms with E-state index < -0.39 is 12.1 Å². The van der Waals surface area contributed by atoms with E-state index >= 15 is 0 Å². The molecule has 0 aliphatic rings. The summed E-state index contributed by atoms with van der Waals surface area (Å²) >= 11 is 0. The van der Waals surface area contributed by atoms with Crippen molar-refractivity contribution in [2.24, 2.45) is 0 Å². The fraction of sp³-hybridized carbons (Fsp3) is 0.754. The lowest BCUT2D eigenvalue weighted by molar-refractivity contribution is -0.123. The van der Waals surface area contributed by atoms with E-state index in [0.29, 0.717) is 6.42 Å². The lowest BCUT2D eigenvalue weighted by Gasteiger charge is -2.19. The minimum atomic E-state index is -0.874. The second-order valence-corrected chi connectivity index (χ2v) is 19.0. The first-order valence-electron chi connectivity index (χ1n) is 28.3. The van der Waals surface area contributed by atoms with Gasteiger partial charge >= 0.3 is 0 Å². The summed E-state index contributed by atoms with van der Waals surface area (Å²) < 4.78 is 0. The van der Waals surface area contributed by atoms with Crippen molar-refractivity contribution in [1.29, 1.82) is 0 Å². The SMILES string of the molecule is CC/C=C\C/C=C\C/C=C\C/C=C\C/C=C\CCCCCCCCCC(=O)NC(CO)C(O)/C=C/CC/C=C/CCCCCCCCCCCCCCCCCCCCCCCCCC. The summed E-state index contributed by atoms with van der Waals surface area (Å²) in [5, 5.41) is 23.1. The molecular weight excluding hydrogens is 795 g/mol. The van der Waals surface area contributed by atoms with E-state index in [-0.39, 0.29) is 12.5 Å². The van der Waals surface area contributed by atoms with Crippen molar-refractivity contribution in [3.05, 3.63) is 85.1 Å². The van der Waals surface area contributed by atoms with E-state index in [9.17, 15) is 15.0 Å². The van der Waals surface area contributed by atoms with Crippen LogP contribution in [-0.2, 0) is 4.79 Å². The van der Waals surface area contributed by atoms with Crippen LogP contribution >= 0.6 is 0 Å². The highest BCUT2D eigenvalue weighted by atomic mass is 16.3. The first-order chi connectivity index (χ1) is 32.2. The van der Waals surface area contributed by atoms with Gasteiger partial charge in [-0.3, -0.25) is 4.79 Å². The highest BCUT2D eigenvalue weighted by Crippen LogP contribution is 2.16. The number of hydrogen-bond donors (Lipinski definition) is 3. The van der Waals surface area contributed by atoms with Gasteiger partial charge in [-0.15, -0.1) is 0 Å². The van der Waals surface area contributed by atoms with Crippen molar-refractivity contribution >= 4 is 5.91 Å². The molecule has 0 spiro atoms. The van der Waals surface area contributed by atoms with Crippen LogP contribution in [0.4, 0.5) is 0 Å². The third kappa shape index (κ3) is 52.4. The van der Waals surface area contributed by atoms with Gasteiger partial charge in [-0.2, -0.15) is 0 Å². The maximum Gasteiger partial charge on any atom is 0.220 e. The Balaban J connectivity index is 3.57. The maximum atomic E-state index is 12.5. The Morgan fingerprint density at radius 2 is 0.692 bits per heavy atom. The number of carbonyl (C=O) groups excluding carboxylic acids is 1. The Morgan fingerprint density at radius 3 is 1.08 bits per heavy atom. The predicted octanol–water partition coefficient (Wildman–Crippen LogP) is 18.8. The highest BCUT2D eigenvalue weighted by Gasteiger charge is 2.18. The van der Waals surface area contributed by atoms with Gasteiger partial charge in [-0.05, 0) is 77.0 Å². The number of aliphatic hydroxyl groups excluding tert-OH is 2. The smallest absolute Gasteiger partial charge is 0.220 e. The number of carbonyl (C=O) groups is 1. The summed E-state index contributed by atoms with van der Waals surface area (Å²) in [5.74, 6) is -0.0859. The molecule has 2 unspecified atom stereocenters. The van der Waals surface area contributed by atoms with Crippen molar-refractivity contribution < 1.29 is 15.0 Å². The first-order valence-corrected chi connectivity index (χ1v) is 28.3. The molecule has 3 N–H and O–H groups in total. The van der Waals surface area contributed by atoms with Crippen LogP contribution in [0.5, 0.6) is 0 Å². The zero-order chi connectivity index (χ0) is 47.0. The van der Waals surface area contributed by atoms with E-state index in [2.05, 4.69) is 92.1 Å². The van der Waals surface area contributed by atoms with Crippen molar-refractivity contribution in [1.82, 2.24) is 5.32 Å². The summed E-state index contributed by atoms with van der Waals surface area (Å²) in [5.41, 5.74) is 0. The Bertz CT molecular complexity index is 1160. The Labute approximate surface area is 405 Å². The molecule has 0 saturated heterocycles. The lowest BCUT2D eigenvalue weighted by atomic mass is 10.0. The van der Waals surface area contributed by atoms with Crippen LogP contribution in [0.15, 0.2) is 85.1 Å². The van der Waals surface area contributed by atoms with Gasteiger partial charge in [0.2, 0.25) is 5.91 Å². The van der Waals surface area contributed by atoms with Gasteiger partial charge in [0, 0.05) is 6.42 Å². The fourth-order valence-electron chi connectivity index (χ4n) is 8.34. The van der Waals surface area contributed by atoms with Gasteiger partial charge < -0.3 is 15.5 Å². The molecule has 0 rings (SSSR count). The average Bonchev–Trinajstić information content (AvgIpc) is 3.31. The van der Waals surface area contributed by atoms with Gasteiger partial charge in [0.1, 0.15) is 0 Å². The molecular formula is C61H109NO3. The van der Waals surface area contributed by atoms with Gasteiger partial charge in [0.15, 0.2) is 0 Å². The molecule has 0 aromatic rings. The second kappa shape index (κ2) is 55.9. The Hall–Kier alpha value is -2.43. The quantitative estimate of drug-likeness (QED) is 0.0421. The van der Waals surface area contributed by atoms with Gasteiger partial charge in [0.05, 0.1) is 18.8 Å². The zero-order valence-corrected chi connectivity index (χ0v) is 43.2. The van der Waals surface area contributed by atoms with E-state index in [4.69, 9.17) is 0 Å². The van der Waals surface area contributed by atoms with Crippen LogP contribution in [0.2, 0.25) is 0 Å². The molecule has 0 aromatic heterocycles. The molecule has 4 heteroatoms. The van der Waals surface area contributed by atoms with Crippen molar-refractivity contribution in [2.45, 2.75) is 289 Å². The minimum Gasteiger partial charge on any atom is -0.394 e. The van der Waals surface area contributed by atoms with Crippen molar-refractivity contribution in [2.75, 3.05) is 6.61 Å². The zero-order valence-electron chi connectivity index (χ0n) is 43.2. The Kier molecular flexibility index (Phi) is 53.8.